The van der Waals surface area contributed by atoms with Crippen LogP contribution in [0.15, 0.2) is 4.99 Å². The van der Waals surface area contributed by atoms with Gasteiger partial charge in [-0.2, -0.15) is 4.99 Å². The molecule has 1 heterocycles. The van der Waals surface area contributed by atoms with Crippen molar-refractivity contribution in [2.45, 2.75) is 57.9 Å². The molecule has 0 aromatic rings. The van der Waals surface area contributed by atoms with Gasteiger partial charge >= 0.3 is 6.03 Å². The number of hydrogen-bond acceptors (Lipinski definition) is 2. The molecule has 1 unspecified atom stereocenters. The van der Waals surface area contributed by atoms with E-state index in [9.17, 15) is 4.79 Å². The Morgan fingerprint density at radius 2 is 1.82 bits per heavy atom. The van der Waals surface area contributed by atoms with Crippen molar-refractivity contribution >= 4 is 11.9 Å². The van der Waals surface area contributed by atoms with Crippen LogP contribution in [0.2, 0.25) is 0 Å². The number of aliphatic imine (C=N–C) groups is 1. The number of amides is 2. The molecule has 1 aliphatic heterocycles. The topological polar surface area (TPSA) is 58.7 Å². The van der Waals surface area contributed by atoms with E-state index in [1.807, 2.05) is 11.8 Å². The fourth-order valence-corrected chi connectivity index (χ4v) is 3.15. The first-order chi connectivity index (χ1) is 8.24. The summed E-state index contributed by atoms with van der Waals surface area (Å²) in [5.74, 6) is 1.06. The van der Waals surface area contributed by atoms with E-state index in [0.29, 0.717) is 18.3 Å². The largest absolute Gasteiger partial charge is 0.385 e. The first-order valence-corrected chi connectivity index (χ1v) is 6.88. The molecule has 4 nitrogen and oxygen atoms in total. The minimum atomic E-state index is -0.142. The Morgan fingerprint density at radius 1 is 1.24 bits per heavy atom. The maximum Gasteiger partial charge on any atom is 0.345 e. The lowest BCUT2D eigenvalue weighted by molar-refractivity contribution is 0.184. The van der Waals surface area contributed by atoms with E-state index in [-0.39, 0.29) is 12.1 Å². The zero-order valence-corrected chi connectivity index (χ0v) is 10.7. The van der Waals surface area contributed by atoms with Crippen LogP contribution in [0.5, 0.6) is 0 Å². The van der Waals surface area contributed by atoms with E-state index in [0.717, 1.165) is 0 Å². The number of nitrogens with two attached hydrogens (primary N) is 1. The molecule has 2 amide bonds. The average Bonchev–Trinajstić information content (AvgIpc) is 2.53. The summed E-state index contributed by atoms with van der Waals surface area (Å²) < 4.78 is 0. The van der Waals surface area contributed by atoms with Crippen LogP contribution in [0.4, 0.5) is 4.79 Å². The Balaban J connectivity index is 2.07. The van der Waals surface area contributed by atoms with Crippen molar-refractivity contribution in [1.29, 1.82) is 0 Å². The maximum absolute atomic E-state index is 11.7. The molecular weight excluding hydrogens is 214 g/mol. The first-order valence-electron chi connectivity index (χ1n) is 6.88. The van der Waals surface area contributed by atoms with Crippen LogP contribution in [0.25, 0.3) is 0 Å². The van der Waals surface area contributed by atoms with Gasteiger partial charge in [-0.3, -0.25) is 0 Å². The number of rotatable bonds is 2. The second kappa shape index (κ2) is 5.52. The monoisotopic (exact) mass is 237 g/mol. The van der Waals surface area contributed by atoms with Gasteiger partial charge in [0.15, 0.2) is 0 Å². The number of hydrogen-bond donors (Lipinski definition) is 1. The molecule has 0 bridgehead atoms. The highest BCUT2D eigenvalue weighted by Gasteiger charge is 2.37. The van der Waals surface area contributed by atoms with E-state index in [1.54, 1.807) is 0 Å². The van der Waals surface area contributed by atoms with Crippen LogP contribution < -0.4 is 5.73 Å². The maximum atomic E-state index is 11.7. The number of carbonyl (C=O) groups excluding carboxylic acids is 1. The lowest BCUT2D eigenvalue weighted by atomic mass is 9.85. The highest BCUT2D eigenvalue weighted by molar-refractivity contribution is 6.02. The fourth-order valence-electron chi connectivity index (χ4n) is 3.15. The van der Waals surface area contributed by atoms with Crippen molar-refractivity contribution in [2.24, 2.45) is 16.6 Å². The molecule has 96 valence electrons. The number of urea groups is 1. The minimum Gasteiger partial charge on any atom is -0.385 e. The molecular formula is C13H23N3O. The summed E-state index contributed by atoms with van der Waals surface area (Å²) in [7, 11) is 0. The Bertz CT molecular complexity index is 306. The number of amidine groups is 1. The van der Waals surface area contributed by atoms with E-state index in [1.165, 1.54) is 44.9 Å². The van der Waals surface area contributed by atoms with Gasteiger partial charge in [-0.05, 0) is 25.7 Å². The van der Waals surface area contributed by atoms with Crippen molar-refractivity contribution in [1.82, 2.24) is 4.90 Å². The van der Waals surface area contributed by atoms with Crippen molar-refractivity contribution in [3.63, 3.8) is 0 Å². The van der Waals surface area contributed by atoms with E-state index in [4.69, 9.17) is 5.73 Å². The summed E-state index contributed by atoms with van der Waals surface area (Å²) in [4.78, 5) is 17.4. The quantitative estimate of drug-likeness (QED) is 0.802. The molecule has 1 aliphatic carbocycles. The molecule has 0 aromatic heterocycles. The van der Waals surface area contributed by atoms with Crippen LogP contribution in [-0.2, 0) is 0 Å². The van der Waals surface area contributed by atoms with E-state index >= 15 is 0 Å². The molecule has 0 radical (unpaired) electrons. The molecule has 0 spiro atoms. The Labute approximate surface area is 103 Å². The predicted octanol–water partition coefficient (Wildman–Crippen LogP) is 2.53. The molecule has 2 rings (SSSR count). The smallest absolute Gasteiger partial charge is 0.345 e. The summed E-state index contributed by atoms with van der Waals surface area (Å²) in [6.07, 6.45) is 8.90. The zero-order chi connectivity index (χ0) is 12.3. The molecule has 0 aromatic carbocycles. The van der Waals surface area contributed by atoms with Gasteiger partial charge in [0.1, 0.15) is 5.84 Å². The highest BCUT2D eigenvalue weighted by Crippen LogP contribution is 2.30. The molecule has 17 heavy (non-hydrogen) atoms. The number of likely N-dealkylation sites (N-methyl/N-ethyl adjacent to an activating group) is 1. The third-order valence-electron chi connectivity index (χ3n) is 4.05. The molecule has 1 atom stereocenters. The lowest BCUT2D eigenvalue weighted by Crippen LogP contribution is -2.45. The molecule has 2 aliphatic rings. The summed E-state index contributed by atoms with van der Waals surface area (Å²) in [6.45, 7) is 2.71. The van der Waals surface area contributed by atoms with Crippen molar-refractivity contribution in [3.05, 3.63) is 0 Å². The van der Waals surface area contributed by atoms with Gasteiger partial charge in [0.2, 0.25) is 0 Å². The van der Waals surface area contributed by atoms with Crippen molar-refractivity contribution in [3.8, 4) is 0 Å². The van der Waals surface area contributed by atoms with Crippen LogP contribution >= 0.6 is 0 Å². The van der Waals surface area contributed by atoms with E-state index < -0.39 is 0 Å². The molecule has 4 heteroatoms. The summed E-state index contributed by atoms with van der Waals surface area (Å²) in [6, 6.07) is -0.0670. The number of carbonyl (C=O) groups is 1. The van der Waals surface area contributed by atoms with Crippen molar-refractivity contribution < 1.29 is 4.79 Å². The molecule has 0 saturated heterocycles. The second-order valence-electron chi connectivity index (χ2n) is 5.16. The fraction of sp³-hybridized carbons (Fsp3) is 0.846. The Kier molecular flexibility index (Phi) is 4.02. The molecule has 1 saturated carbocycles. The van der Waals surface area contributed by atoms with Crippen LogP contribution in [-0.4, -0.2) is 29.4 Å². The van der Waals surface area contributed by atoms with Gasteiger partial charge in [0.05, 0.1) is 6.04 Å². The molecule has 1 fully saturated rings. The lowest BCUT2D eigenvalue weighted by Gasteiger charge is -2.31. The zero-order valence-electron chi connectivity index (χ0n) is 10.7. The number of nitrogens with zero attached hydrogens (tertiary/aromatic N) is 2. The highest BCUT2D eigenvalue weighted by atomic mass is 16.2. The van der Waals surface area contributed by atoms with Gasteiger partial charge in [-0.15, -0.1) is 0 Å². The predicted molar refractivity (Wildman–Crippen MR) is 69.0 cm³/mol. The van der Waals surface area contributed by atoms with Crippen LogP contribution in [0.1, 0.15) is 51.9 Å². The minimum absolute atomic E-state index is 0.0746. The second-order valence-corrected chi connectivity index (χ2v) is 5.16. The third-order valence-corrected chi connectivity index (χ3v) is 4.05. The Morgan fingerprint density at radius 3 is 2.41 bits per heavy atom. The summed E-state index contributed by atoms with van der Waals surface area (Å²) >= 11 is 0. The van der Waals surface area contributed by atoms with Gasteiger partial charge in [-0.1, -0.05) is 32.1 Å². The summed E-state index contributed by atoms with van der Waals surface area (Å²) in [5.41, 5.74) is 5.94. The standard InChI is InChI=1S/C13H23N3O/c1-2-16-11(12(14)15-13(16)17)10-8-6-4-3-5-7-9-10/h10-11H,2-9H2,1H3,(H2,14,15,17). The summed E-state index contributed by atoms with van der Waals surface area (Å²) in [5, 5.41) is 0. The average molecular weight is 237 g/mol. The van der Waals surface area contributed by atoms with Crippen molar-refractivity contribution in [2.75, 3.05) is 6.54 Å². The third kappa shape index (κ3) is 2.61. The van der Waals surface area contributed by atoms with Gasteiger partial charge < -0.3 is 10.6 Å². The first kappa shape index (κ1) is 12.4. The molecule has 2 N–H and O–H groups in total. The van der Waals surface area contributed by atoms with E-state index in [2.05, 4.69) is 4.99 Å². The van der Waals surface area contributed by atoms with Gasteiger partial charge in [0.25, 0.3) is 0 Å². The van der Waals surface area contributed by atoms with Gasteiger partial charge in [0, 0.05) is 6.54 Å². The van der Waals surface area contributed by atoms with Gasteiger partial charge in [-0.25, -0.2) is 4.79 Å². The SMILES string of the molecule is CCN1C(=O)N=C(N)C1C1CCCCCCC1. The van der Waals surface area contributed by atoms with Crippen LogP contribution in [0, 0.1) is 5.92 Å². The van der Waals surface area contributed by atoms with Crippen LogP contribution in [0.3, 0.4) is 0 Å². The Hall–Kier alpha value is -1.06. The normalized spacial score (nSPS) is 27.8.